The Labute approximate surface area is 192 Å². The van der Waals surface area contributed by atoms with E-state index in [0.29, 0.717) is 24.9 Å². The van der Waals surface area contributed by atoms with Crippen LogP contribution in [0.3, 0.4) is 0 Å². The second kappa shape index (κ2) is 10.9. The van der Waals surface area contributed by atoms with Gasteiger partial charge < -0.3 is 20.3 Å². The van der Waals surface area contributed by atoms with Gasteiger partial charge in [-0.15, -0.1) is 0 Å². The van der Waals surface area contributed by atoms with Gasteiger partial charge in [0.05, 0.1) is 30.2 Å². The summed E-state index contributed by atoms with van der Waals surface area (Å²) in [7, 11) is -3.42. The normalized spacial score (nSPS) is 40.5. The van der Waals surface area contributed by atoms with Crippen LogP contribution in [0.25, 0.3) is 0 Å². The molecule has 1 unspecified atom stereocenters. The van der Waals surface area contributed by atoms with Gasteiger partial charge in [0, 0.05) is 32.7 Å². The molecule has 3 heterocycles. The van der Waals surface area contributed by atoms with Crippen molar-refractivity contribution >= 4 is 10.0 Å². The van der Waals surface area contributed by atoms with Crippen LogP contribution < -0.4 is 10.0 Å². The second-order valence-corrected chi connectivity index (χ2v) is 12.2. The number of sulfonamides is 1. The number of aliphatic hydroxyl groups is 2. The van der Waals surface area contributed by atoms with E-state index in [-0.39, 0.29) is 24.4 Å². The fourth-order valence-corrected chi connectivity index (χ4v) is 7.47. The molecule has 1 aliphatic carbocycles. The Kier molecular flexibility index (Phi) is 8.48. The molecule has 5 atom stereocenters. The molecule has 0 radical (unpaired) electrons. The van der Waals surface area contributed by atoms with Crippen molar-refractivity contribution in [1.29, 1.82) is 0 Å². The number of hydrogen-bond acceptors (Lipinski definition) is 8. The van der Waals surface area contributed by atoms with Gasteiger partial charge in [0.15, 0.2) is 0 Å². The molecule has 9 nitrogen and oxygen atoms in total. The lowest BCUT2D eigenvalue weighted by Gasteiger charge is -2.44. The first-order valence-corrected chi connectivity index (χ1v) is 14.1. The van der Waals surface area contributed by atoms with Crippen LogP contribution in [0.2, 0.25) is 0 Å². The van der Waals surface area contributed by atoms with Crippen LogP contribution in [-0.4, -0.2) is 110 Å². The molecular formula is C22H42N4O5S. The van der Waals surface area contributed by atoms with E-state index in [9.17, 15) is 18.6 Å². The number of nitrogens with one attached hydrogen (secondary N) is 2. The lowest BCUT2D eigenvalue weighted by molar-refractivity contribution is -0.0201. The minimum atomic E-state index is -3.42. The van der Waals surface area contributed by atoms with Crippen molar-refractivity contribution in [3.8, 4) is 0 Å². The van der Waals surface area contributed by atoms with Crippen molar-refractivity contribution in [2.24, 2.45) is 5.92 Å². The van der Waals surface area contributed by atoms with E-state index in [1.807, 2.05) is 0 Å². The smallest absolute Gasteiger partial charge is 0.214 e. The molecule has 4 fully saturated rings. The molecule has 0 amide bonds. The third-order valence-corrected chi connectivity index (χ3v) is 9.94. The standard InChI is InChI=1S/C22H42N4O5S/c1-16-5-7-17(8-6-16)32(29,30)24-14-18-21(22(28)19(15-27)31-18)26-12-10-25(11-13-26)20-4-2-3-9-23-20/h16-24,27-28H,2-15H2,1H3/t16?,17?,18-,19-,20?,21-,22+/m0/s1. The maximum absolute atomic E-state index is 12.9. The summed E-state index contributed by atoms with van der Waals surface area (Å²) in [4.78, 5) is 4.70. The van der Waals surface area contributed by atoms with E-state index in [2.05, 4.69) is 26.8 Å². The number of nitrogens with zero attached hydrogens (tertiary/aromatic N) is 2. The molecule has 4 aliphatic rings. The van der Waals surface area contributed by atoms with Gasteiger partial charge in [-0.05, 0) is 57.4 Å². The van der Waals surface area contributed by atoms with Crippen molar-refractivity contribution in [3.63, 3.8) is 0 Å². The lowest BCUT2D eigenvalue weighted by Crippen LogP contribution is -2.61. The Balaban J connectivity index is 1.35. The van der Waals surface area contributed by atoms with Gasteiger partial charge in [-0.1, -0.05) is 6.92 Å². The number of piperidine rings is 1. The van der Waals surface area contributed by atoms with E-state index in [4.69, 9.17) is 4.74 Å². The molecular weight excluding hydrogens is 432 g/mol. The summed E-state index contributed by atoms with van der Waals surface area (Å²) in [6.45, 7) is 6.52. The first-order chi connectivity index (χ1) is 15.4. The highest BCUT2D eigenvalue weighted by Gasteiger charge is 2.47. The van der Waals surface area contributed by atoms with Crippen molar-refractivity contribution in [2.45, 2.75) is 87.6 Å². The van der Waals surface area contributed by atoms with Gasteiger partial charge in [0.1, 0.15) is 12.2 Å². The molecule has 4 rings (SSSR count). The van der Waals surface area contributed by atoms with E-state index in [1.54, 1.807) is 0 Å². The minimum absolute atomic E-state index is 0.136. The third kappa shape index (κ3) is 5.66. The van der Waals surface area contributed by atoms with E-state index >= 15 is 0 Å². The molecule has 3 aliphatic heterocycles. The summed E-state index contributed by atoms with van der Waals surface area (Å²) in [5.74, 6) is 0.590. The van der Waals surface area contributed by atoms with E-state index in [0.717, 1.165) is 45.6 Å². The monoisotopic (exact) mass is 474 g/mol. The SMILES string of the molecule is CC1CCC(S(=O)(=O)NC[C@@H]2O[C@@H](CO)[C@@H](O)[C@H]2N2CCN(C3CCCCN3)CC2)CC1. The summed E-state index contributed by atoms with van der Waals surface area (Å²) >= 11 is 0. The van der Waals surface area contributed by atoms with E-state index < -0.39 is 28.3 Å². The van der Waals surface area contributed by atoms with Crippen LogP contribution in [0.1, 0.15) is 51.9 Å². The Hall–Kier alpha value is -0.330. The molecule has 32 heavy (non-hydrogen) atoms. The predicted octanol–water partition coefficient (Wildman–Crippen LogP) is -0.309. The number of ether oxygens (including phenoxy) is 1. The summed E-state index contributed by atoms with van der Waals surface area (Å²) < 4.78 is 34.5. The Morgan fingerprint density at radius 2 is 1.69 bits per heavy atom. The highest BCUT2D eigenvalue weighted by molar-refractivity contribution is 7.90. The molecule has 0 aromatic carbocycles. The minimum Gasteiger partial charge on any atom is -0.394 e. The van der Waals surface area contributed by atoms with Crippen molar-refractivity contribution in [3.05, 3.63) is 0 Å². The van der Waals surface area contributed by atoms with Crippen LogP contribution in [0.4, 0.5) is 0 Å². The Morgan fingerprint density at radius 1 is 1.00 bits per heavy atom. The molecule has 0 bridgehead atoms. The zero-order valence-electron chi connectivity index (χ0n) is 19.4. The first kappa shape index (κ1) is 24.8. The summed E-state index contributed by atoms with van der Waals surface area (Å²) in [5.41, 5.74) is 0. The van der Waals surface area contributed by atoms with Gasteiger partial charge in [-0.3, -0.25) is 9.80 Å². The molecule has 1 saturated carbocycles. The van der Waals surface area contributed by atoms with Gasteiger partial charge in [-0.25, -0.2) is 13.1 Å². The molecule has 3 saturated heterocycles. The Morgan fingerprint density at radius 3 is 2.31 bits per heavy atom. The number of piperazine rings is 1. The third-order valence-electron chi connectivity index (χ3n) is 8.02. The zero-order chi connectivity index (χ0) is 22.7. The highest BCUT2D eigenvalue weighted by Crippen LogP contribution is 2.30. The number of rotatable bonds is 7. The molecule has 0 aromatic heterocycles. The van der Waals surface area contributed by atoms with Crippen molar-refractivity contribution < 1.29 is 23.4 Å². The molecule has 0 spiro atoms. The zero-order valence-corrected chi connectivity index (χ0v) is 20.2. The maximum atomic E-state index is 12.9. The van der Waals surface area contributed by atoms with E-state index in [1.165, 1.54) is 19.3 Å². The predicted molar refractivity (Wildman–Crippen MR) is 123 cm³/mol. The molecule has 10 heteroatoms. The summed E-state index contributed by atoms with van der Waals surface area (Å²) in [6, 6.07) is -0.317. The largest absolute Gasteiger partial charge is 0.394 e. The maximum Gasteiger partial charge on any atom is 0.214 e. The fraction of sp³-hybridized carbons (Fsp3) is 1.00. The summed E-state index contributed by atoms with van der Waals surface area (Å²) in [5, 5.41) is 23.8. The number of hydrogen-bond donors (Lipinski definition) is 4. The van der Waals surface area contributed by atoms with Crippen LogP contribution >= 0.6 is 0 Å². The number of aliphatic hydroxyl groups excluding tert-OH is 2. The molecule has 4 N–H and O–H groups in total. The average Bonchev–Trinajstić information content (AvgIpc) is 3.14. The van der Waals surface area contributed by atoms with Gasteiger partial charge in [0.2, 0.25) is 10.0 Å². The van der Waals surface area contributed by atoms with Crippen molar-refractivity contribution in [1.82, 2.24) is 19.8 Å². The molecule has 186 valence electrons. The van der Waals surface area contributed by atoms with Crippen molar-refractivity contribution in [2.75, 3.05) is 45.9 Å². The fourth-order valence-electron chi connectivity index (χ4n) is 5.94. The lowest BCUT2D eigenvalue weighted by atomic mass is 9.91. The Bertz CT molecular complexity index is 688. The van der Waals surface area contributed by atoms with Crippen LogP contribution in [0.15, 0.2) is 0 Å². The highest BCUT2D eigenvalue weighted by atomic mass is 32.2. The molecule has 0 aromatic rings. The van der Waals surface area contributed by atoms with Crippen LogP contribution in [0, 0.1) is 5.92 Å². The van der Waals surface area contributed by atoms with Gasteiger partial charge >= 0.3 is 0 Å². The van der Waals surface area contributed by atoms with Gasteiger partial charge in [-0.2, -0.15) is 0 Å². The van der Waals surface area contributed by atoms with Crippen LogP contribution in [-0.2, 0) is 14.8 Å². The topological polar surface area (TPSA) is 114 Å². The average molecular weight is 475 g/mol. The van der Waals surface area contributed by atoms with Crippen LogP contribution in [0.5, 0.6) is 0 Å². The summed E-state index contributed by atoms with van der Waals surface area (Å²) in [6.07, 6.45) is 5.41. The quantitative estimate of drug-likeness (QED) is 0.397. The second-order valence-electron chi connectivity index (χ2n) is 10.2. The van der Waals surface area contributed by atoms with Gasteiger partial charge in [0.25, 0.3) is 0 Å². The first-order valence-electron chi connectivity index (χ1n) is 12.5.